The Kier molecular flexibility index (Phi) is 13.7. The van der Waals surface area contributed by atoms with E-state index in [1.54, 1.807) is 18.2 Å². The van der Waals surface area contributed by atoms with Crippen LogP contribution in [0, 0.1) is 6.92 Å². The molecule has 42 heavy (non-hydrogen) atoms. The van der Waals surface area contributed by atoms with Crippen molar-refractivity contribution in [2.75, 3.05) is 26.7 Å². The van der Waals surface area contributed by atoms with Gasteiger partial charge in [0.15, 0.2) is 11.5 Å². The Morgan fingerprint density at radius 2 is 1.45 bits per heavy atom. The molecule has 0 aromatic heterocycles. The number of aliphatic hydroxyl groups is 1. The topological polar surface area (TPSA) is 114 Å². The van der Waals surface area contributed by atoms with Crippen molar-refractivity contribution in [1.82, 2.24) is 10.6 Å². The first-order chi connectivity index (χ1) is 20.4. The summed E-state index contributed by atoms with van der Waals surface area (Å²) in [7, 11) is 1.97. The number of nitrogens with one attached hydrogen (secondary N) is 2. The molecule has 0 saturated heterocycles. The highest BCUT2D eigenvalue weighted by atomic mass is 16.5. The fourth-order valence-corrected chi connectivity index (χ4v) is 4.42. The summed E-state index contributed by atoms with van der Waals surface area (Å²) in [5.41, 5.74) is 4.16. The lowest BCUT2D eigenvalue weighted by Crippen LogP contribution is -2.22. The smallest absolute Gasteiger partial charge is 0.157 e. The third-order valence-corrected chi connectivity index (χ3v) is 6.92. The molecule has 6 N–H and O–H groups in total. The van der Waals surface area contributed by atoms with E-state index >= 15 is 0 Å². The average molecular weight is 573 g/mol. The maximum Gasteiger partial charge on any atom is 0.157 e. The van der Waals surface area contributed by atoms with Crippen LogP contribution in [0.4, 0.5) is 0 Å². The molecule has 0 aliphatic carbocycles. The predicted octanol–water partition coefficient (Wildman–Crippen LogP) is 6.17. The van der Waals surface area contributed by atoms with Gasteiger partial charge in [0.25, 0.3) is 0 Å². The van der Waals surface area contributed by atoms with Crippen LogP contribution < -0.4 is 15.4 Å². The van der Waals surface area contributed by atoms with Gasteiger partial charge in [-0.3, -0.25) is 0 Å². The number of ether oxygens (including phenoxy) is 1. The minimum Gasteiger partial charge on any atom is -0.508 e. The van der Waals surface area contributed by atoms with Gasteiger partial charge in [-0.15, -0.1) is 0 Å². The Hall–Kier alpha value is -4.04. The highest BCUT2D eigenvalue weighted by molar-refractivity contribution is 5.41. The third-order valence-electron chi connectivity index (χ3n) is 6.92. The van der Waals surface area contributed by atoms with Crippen LogP contribution in [0.15, 0.2) is 97.1 Å². The SMILES string of the molecule is CNCC[C@@H](Oc1ccccc1C)c1ccccc1.Oc1ccc(CCCCNC[C@H](O)c2ccc(O)c(O)c2)cc1. The quantitative estimate of drug-likeness (QED) is 0.0791. The summed E-state index contributed by atoms with van der Waals surface area (Å²) in [6.45, 7) is 4.20. The number of phenolic OH excluding ortho intramolecular Hbond substituents is 3. The molecule has 0 spiro atoms. The Labute approximate surface area is 249 Å². The van der Waals surface area contributed by atoms with E-state index in [1.807, 2.05) is 43.4 Å². The highest BCUT2D eigenvalue weighted by Crippen LogP contribution is 2.28. The molecule has 224 valence electrons. The monoisotopic (exact) mass is 572 g/mol. The van der Waals surface area contributed by atoms with Crippen LogP contribution in [0.5, 0.6) is 23.0 Å². The maximum atomic E-state index is 10.0. The van der Waals surface area contributed by atoms with Crippen LogP contribution in [-0.4, -0.2) is 47.1 Å². The van der Waals surface area contributed by atoms with Gasteiger partial charge in [0.05, 0.1) is 6.10 Å². The van der Waals surface area contributed by atoms with Gasteiger partial charge in [-0.25, -0.2) is 0 Å². The Morgan fingerprint density at radius 3 is 2.14 bits per heavy atom. The summed E-state index contributed by atoms with van der Waals surface area (Å²) < 4.78 is 6.19. The molecular weight excluding hydrogens is 528 g/mol. The average Bonchev–Trinajstić information content (AvgIpc) is 3.01. The molecule has 0 radical (unpaired) electrons. The molecule has 0 unspecified atom stereocenters. The summed E-state index contributed by atoms with van der Waals surface area (Å²) in [4.78, 5) is 0. The molecule has 0 aliphatic heterocycles. The first kappa shape index (κ1) is 32.5. The lowest BCUT2D eigenvalue weighted by atomic mass is 10.1. The summed E-state index contributed by atoms with van der Waals surface area (Å²) in [5, 5.41) is 44.3. The van der Waals surface area contributed by atoms with Crippen LogP contribution in [0.3, 0.4) is 0 Å². The van der Waals surface area contributed by atoms with Gasteiger partial charge in [-0.1, -0.05) is 66.7 Å². The molecular formula is C35H44N2O5. The van der Waals surface area contributed by atoms with Crippen molar-refractivity contribution in [1.29, 1.82) is 0 Å². The molecule has 0 saturated carbocycles. The number of para-hydroxylation sites is 1. The van der Waals surface area contributed by atoms with Crippen LogP contribution in [0.1, 0.15) is 53.7 Å². The molecule has 7 nitrogen and oxygen atoms in total. The van der Waals surface area contributed by atoms with Gasteiger partial charge in [0, 0.05) is 13.0 Å². The molecule has 7 heteroatoms. The summed E-state index contributed by atoms with van der Waals surface area (Å²) >= 11 is 0. The van der Waals surface area contributed by atoms with Crippen molar-refractivity contribution in [3.05, 3.63) is 119 Å². The zero-order valence-electron chi connectivity index (χ0n) is 24.5. The van der Waals surface area contributed by atoms with E-state index < -0.39 is 6.10 Å². The first-order valence-corrected chi connectivity index (χ1v) is 14.5. The molecule has 0 aliphatic rings. The molecule has 0 amide bonds. The van der Waals surface area contributed by atoms with Gasteiger partial charge in [-0.05, 0) is 98.9 Å². The number of hydrogen-bond donors (Lipinski definition) is 6. The van der Waals surface area contributed by atoms with Crippen LogP contribution in [0.2, 0.25) is 0 Å². The van der Waals surface area contributed by atoms with Crippen LogP contribution >= 0.6 is 0 Å². The molecule has 4 rings (SSSR count). The van der Waals surface area contributed by atoms with Crippen molar-refractivity contribution < 1.29 is 25.2 Å². The van der Waals surface area contributed by atoms with Crippen LogP contribution in [0.25, 0.3) is 0 Å². The van der Waals surface area contributed by atoms with Crippen molar-refractivity contribution in [3.63, 3.8) is 0 Å². The molecule has 4 aromatic rings. The standard InChI is InChI=1S/C18H23NO4.C17H21NO/c20-15-7-4-13(5-8-15)3-1-2-10-19-12-18(23)14-6-9-16(21)17(22)11-14;1-14-8-6-7-11-16(14)19-17(12-13-18-2)15-9-4-3-5-10-15/h4-9,11,18-23H,1-3,10,12H2;3-11,17-18H,12-13H2,1-2H3/t18-;17-/m01/s1. The van der Waals surface area contributed by atoms with E-state index in [-0.39, 0.29) is 23.4 Å². The van der Waals surface area contributed by atoms with Gasteiger partial charge >= 0.3 is 0 Å². The van der Waals surface area contributed by atoms with Gasteiger partial charge in [-0.2, -0.15) is 0 Å². The van der Waals surface area contributed by atoms with E-state index in [2.05, 4.69) is 47.9 Å². The molecule has 0 heterocycles. The minimum atomic E-state index is -0.724. The largest absolute Gasteiger partial charge is 0.508 e. The number of rotatable bonds is 14. The minimum absolute atomic E-state index is 0.0924. The van der Waals surface area contributed by atoms with E-state index in [9.17, 15) is 20.4 Å². The molecule has 4 aromatic carbocycles. The van der Waals surface area contributed by atoms with Gasteiger partial charge < -0.3 is 35.8 Å². The van der Waals surface area contributed by atoms with Gasteiger partial charge in [0.2, 0.25) is 0 Å². The van der Waals surface area contributed by atoms with Crippen molar-refractivity contribution in [2.24, 2.45) is 0 Å². The zero-order chi connectivity index (χ0) is 30.2. The fraction of sp³-hybridized carbons (Fsp3) is 0.314. The normalized spacial score (nSPS) is 12.2. The Bertz CT molecular complexity index is 1310. The summed E-state index contributed by atoms with van der Waals surface area (Å²) in [5.74, 6) is 0.829. The second kappa shape index (κ2) is 17.7. The molecule has 2 atom stereocenters. The van der Waals surface area contributed by atoms with Crippen molar-refractivity contribution in [3.8, 4) is 23.0 Å². The summed E-state index contributed by atoms with van der Waals surface area (Å²) in [6.07, 6.45) is 3.28. The van der Waals surface area contributed by atoms with Crippen molar-refractivity contribution in [2.45, 2.75) is 44.8 Å². The number of aliphatic hydroxyl groups excluding tert-OH is 1. The number of hydrogen-bond acceptors (Lipinski definition) is 7. The Morgan fingerprint density at radius 1 is 0.738 bits per heavy atom. The maximum absolute atomic E-state index is 10.0. The second-order valence-corrected chi connectivity index (χ2v) is 10.3. The van der Waals surface area contributed by atoms with E-state index in [1.165, 1.54) is 28.8 Å². The molecule has 0 fully saturated rings. The number of aryl methyl sites for hydroxylation is 2. The predicted molar refractivity (Wildman–Crippen MR) is 168 cm³/mol. The highest BCUT2D eigenvalue weighted by Gasteiger charge is 2.13. The number of phenols is 3. The fourth-order valence-electron chi connectivity index (χ4n) is 4.42. The molecule has 0 bridgehead atoms. The van der Waals surface area contributed by atoms with E-state index in [0.717, 1.165) is 44.5 Å². The third kappa shape index (κ3) is 11.1. The Balaban J connectivity index is 0.000000235. The number of unbranched alkanes of at least 4 members (excludes halogenated alkanes) is 1. The lowest BCUT2D eigenvalue weighted by molar-refractivity contribution is 0.174. The van der Waals surface area contributed by atoms with Gasteiger partial charge in [0.1, 0.15) is 17.6 Å². The van der Waals surface area contributed by atoms with Crippen LogP contribution in [-0.2, 0) is 6.42 Å². The second-order valence-electron chi connectivity index (χ2n) is 10.3. The lowest BCUT2D eigenvalue weighted by Gasteiger charge is -2.20. The number of aromatic hydroxyl groups is 3. The van der Waals surface area contributed by atoms with E-state index in [0.29, 0.717) is 12.1 Å². The zero-order valence-corrected chi connectivity index (χ0v) is 24.5. The van der Waals surface area contributed by atoms with Crippen molar-refractivity contribution >= 4 is 0 Å². The number of benzene rings is 4. The van der Waals surface area contributed by atoms with E-state index in [4.69, 9.17) is 4.74 Å². The first-order valence-electron chi connectivity index (χ1n) is 14.5. The summed E-state index contributed by atoms with van der Waals surface area (Å²) in [6, 6.07) is 30.1.